The maximum atomic E-state index is 12.9. The Kier molecular flexibility index (Phi) is 4.38. The molecule has 0 radical (unpaired) electrons. The summed E-state index contributed by atoms with van der Waals surface area (Å²) in [5.74, 6) is 0.657. The van der Waals surface area contributed by atoms with Crippen LogP contribution in [0.3, 0.4) is 0 Å². The number of nitro benzene ring substituents is 1. The molecule has 0 unspecified atom stereocenters. The highest BCUT2D eigenvalue weighted by Crippen LogP contribution is 2.35. The van der Waals surface area contributed by atoms with Crippen LogP contribution in [0.1, 0.15) is 29.1 Å². The second-order valence-electron chi connectivity index (χ2n) is 6.13. The molecule has 0 aromatic heterocycles. The zero-order valence-electron chi connectivity index (χ0n) is 14.4. The van der Waals surface area contributed by atoms with Gasteiger partial charge in [0.2, 0.25) is 13.1 Å². The zero-order chi connectivity index (χ0) is 19.0. The van der Waals surface area contributed by atoms with Crippen molar-refractivity contribution in [3.05, 3.63) is 63.7 Å². The summed E-state index contributed by atoms with van der Waals surface area (Å²) in [6, 6.07) is 11.0. The summed E-state index contributed by atoms with van der Waals surface area (Å²) in [6.07, 6.45) is -1.44. The third-order valence-corrected chi connectivity index (χ3v) is 4.24. The van der Waals surface area contributed by atoms with E-state index in [0.717, 1.165) is 5.06 Å². The minimum atomic E-state index is -1.06. The maximum Gasteiger partial charge on any atom is 0.277 e. The van der Waals surface area contributed by atoms with Crippen LogP contribution in [-0.4, -0.2) is 35.3 Å². The first kappa shape index (κ1) is 17.3. The normalized spacial score (nSPS) is 21.1. The highest BCUT2D eigenvalue weighted by atomic mass is 16.8. The average Bonchev–Trinajstić information content (AvgIpc) is 3.14. The monoisotopic (exact) mass is 372 g/mol. The number of hydrogen-bond donors (Lipinski definition) is 0. The molecule has 1 saturated heterocycles. The molecule has 2 aromatic rings. The molecule has 2 heterocycles. The van der Waals surface area contributed by atoms with Crippen molar-refractivity contribution in [3.63, 3.8) is 0 Å². The Morgan fingerprint density at radius 2 is 1.96 bits per heavy atom. The van der Waals surface area contributed by atoms with Gasteiger partial charge in [-0.05, 0) is 31.2 Å². The molecule has 140 valence electrons. The molecular formula is C18H16N2O7. The summed E-state index contributed by atoms with van der Waals surface area (Å²) in [7, 11) is 0. The van der Waals surface area contributed by atoms with Gasteiger partial charge in [0, 0.05) is 11.6 Å². The van der Waals surface area contributed by atoms with Gasteiger partial charge in [-0.2, -0.15) is 0 Å². The number of nitro groups is 1. The number of hydroxylamine groups is 2. The predicted octanol–water partition coefficient (Wildman–Crippen LogP) is 2.81. The Labute approximate surface area is 154 Å². The molecule has 4 rings (SSSR count). The fourth-order valence-corrected chi connectivity index (χ4v) is 2.96. The number of rotatable bonds is 3. The summed E-state index contributed by atoms with van der Waals surface area (Å²) in [4.78, 5) is 29.3. The summed E-state index contributed by atoms with van der Waals surface area (Å²) >= 11 is 0. The van der Waals surface area contributed by atoms with E-state index in [4.69, 9.17) is 19.0 Å². The van der Waals surface area contributed by atoms with E-state index < -0.39 is 17.1 Å². The molecule has 0 saturated carbocycles. The number of hydrogen-bond acceptors (Lipinski definition) is 7. The van der Waals surface area contributed by atoms with Crippen LogP contribution in [0.5, 0.6) is 11.5 Å². The standard InChI is InChI=1S/C18H16N2O7/c1-11-9-19(17(21)12-6-7-15-16(8-12)25-10-24-15)27-18(26-11)13-4-2-3-5-14(13)20(22)23/h2-8,11,18H,9-10H2,1H3/t11-,18+/m1/s1. The van der Waals surface area contributed by atoms with Crippen molar-refractivity contribution >= 4 is 11.6 Å². The fourth-order valence-electron chi connectivity index (χ4n) is 2.96. The van der Waals surface area contributed by atoms with Crippen molar-refractivity contribution in [2.45, 2.75) is 19.3 Å². The summed E-state index contributed by atoms with van der Waals surface area (Å²) in [6.45, 7) is 2.06. The molecule has 2 aliphatic rings. The van der Waals surface area contributed by atoms with E-state index in [-0.39, 0.29) is 30.7 Å². The molecule has 0 N–H and O–H groups in total. The molecule has 0 bridgehead atoms. The van der Waals surface area contributed by atoms with E-state index in [1.54, 1.807) is 43.3 Å². The van der Waals surface area contributed by atoms with E-state index in [9.17, 15) is 14.9 Å². The lowest BCUT2D eigenvalue weighted by Crippen LogP contribution is -2.44. The number of amides is 1. The van der Waals surface area contributed by atoms with Crippen LogP contribution in [0.2, 0.25) is 0 Å². The van der Waals surface area contributed by atoms with Crippen LogP contribution in [0.4, 0.5) is 5.69 Å². The van der Waals surface area contributed by atoms with Gasteiger partial charge < -0.3 is 14.2 Å². The highest BCUT2D eigenvalue weighted by Gasteiger charge is 2.35. The fraction of sp³-hybridized carbons (Fsp3) is 0.278. The number of benzene rings is 2. The Balaban J connectivity index is 1.59. The largest absolute Gasteiger partial charge is 0.454 e. The van der Waals surface area contributed by atoms with Crippen LogP contribution in [0, 0.1) is 10.1 Å². The average molecular weight is 372 g/mol. The molecule has 27 heavy (non-hydrogen) atoms. The van der Waals surface area contributed by atoms with Gasteiger partial charge in [-0.1, -0.05) is 12.1 Å². The Morgan fingerprint density at radius 1 is 1.19 bits per heavy atom. The van der Waals surface area contributed by atoms with Crippen LogP contribution in [-0.2, 0) is 9.57 Å². The van der Waals surface area contributed by atoms with E-state index >= 15 is 0 Å². The van der Waals surface area contributed by atoms with Gasteiger partial charge in [0.25, 0.3) is 11.6 Å². The molecular weight excluding hydrogens is 356 g/mol. The second kappa shape index (κ2) is 6.86. The topological polar surface area (TPSA) is 100 Å². The Hall–Kier alpha value is -3.17. The van der Waals surface area contributed by atoms with Gasteiger partial charge in [0.15, 0.2) is 11.5 Å². The van der Waals surface area contributed by atoms with Gasteiger partial charge in [-0.3, -0.25) is 14.9 Å². The lowest BCUT2D eigenvalue weighted by Gasteiger charge is -2.35. The highest BCUT2D eigenvalue weighted by molar-refractivity contribution is 5.94. The zero-order valence-corrected chi connectivity index (χ0v) is 14.4. The van der Waals surface area contributed by atoms with Crippen molar-refractivity contribution < 1.29 is 28.8 Å². The Bertz CT molecular complexity index is 901. The van der Waals surface area contributed by atoms with Gasteiger partial charge >= 0.3 is 0 Å². The lowest BCUT2D eigenvalue weighted by molar-refractivity contribution is -0.390. The maximum absolute atomic E-state index is 12.9. The number of fused-ring (bicyclic) bond motifs is 1. The van der Waals surface area contributed by atoms with E-state index in [1.165, 1.54) is 6.07 Å². The number of nitrogens with zero attached hydrogens (tertiary/aromatic N) is 2. The molecule has 0 aliphatic carbocycles. The second-order valence-corrected chi connectivity index (χ2v) is 6.13. The van der Waals surface area contributed by atoms with Gasteiger partial charge in [0.05, 0.1) is 23.1 Å². The number of carbonyl (C=O) groups is 1. The van der Waals surface area contributed by atoms with Gasteiger partial charge in [0.1, 0.15) is 0 Å². The molecule has 9 heteroatoms. The van der Waals surface area contributed by atoms with Crippen LogP contribution < -0.4 is 9.47 Å². The van der Waals surface area contributed by atoms with Crippen molar-refractivity contribution in [3.8, 4) is 11.5 Å². The minimum Gasteiger partial charge on any atom is -0.454 e. The smallest absolute Gasteiger partial charge is 0.277 e. The SMILES string of the molecule is C[C@@H]1CN(C(=O)c2ccc3c(c2)OCO3)O[C@@H](c2ccccc2[N+](=O)[O-])O1. The van der Waals surface area contributed by atoms with Crippen LogP contribution in [0.15, 0.2) is 42.5 Å². The minimum absolute atomic E-state index is 0.109. The summed E-state index contributed by atoms with van der Waals surface area (Å²) in [5.41, 5.74) is 0.472. The third-order valence-electron chi connectivity index (χ3n) is 4.24. The van der Waals surface area contributed by atoms with Crippen molar-refractivity contribution in [2.24, 2.45) is 0 Å². The number of para-hydroxylation sites is 1. The predicted molar refractivity (Wildman–Crippen MR) is 91.1 cm³/mol. The molecule has 2 atom stereocenters. The van der Waals surface area contributed by atoms with Crippen molar-refractivity contribution in [2.75, 3.05) is 13.3 Å². The lowest BCUT2D eigenvalue weighted by atomic mass is 10.1. The molecule has 2 aromatic carbocycles. The van der Waals surface area contributed by atoms with Crippen molar-refractivity contribution in [1.29, 1.82) is 0 Å². The molecule has 1 fully saturated rings. The van der Waals surface area contributed by atoms with E-state index in [0.29, 0.717) is 17.1 Å². The quantitative estimate of drug-likeness (QED) is 0.603. The molecule has 1 amide bonds. The van der Waals surface area contributed by atoms with Gasteiger partial charge in [-0.25, -0.2) is 9.90 Å². The third kappa shape index (κ3) is 3.29. The molecule has 2 aliphatic heterocycles. The van der Waals surface area contributed by atoms with Crippen LogP contribution in [0.25, 0.3) is 0 Å². The summed E-state index contributed by atoms with van der Waals surface area (Å²) in [5, 5.41) is 12.4. The number of carbonyl (C=O) groups excluding carboxylic acids is 1. The first-order valence-electron chi connectivity index (χ1n) is 8.30. The van der Waals surface area contributed by atoms with E-state index in [1.807, 2.05) is 0 Å². The first-order chi connectivity index (χ1) is 13.0. The van der Waals surface area contributed by atoms with Crippen LogP contribution >= 0.6 is 0 Å². The summed E-state index contributed by atoms with van der Waals surface area (Å²) < 4.78 is 16.2. The van der Waals surface area contributed by atoms with E-state index in [2.05, 4.69) is 0 Å². The first-order valence-corrected chi connectivity index (χ1v) is 8.30. The molecule has 9 nitrogen and oxygen atoms in total. The molecule has 0 spiro atoms. The van der Waals surface area contributed by atoms with Gasteiger partial charge in [-0.15, -0.1) is 0 Å². The number of ether oxygens (including phenoxy) is 3. The Morgan fingerprint density at radius 3 is 2.78 bits per heavy atom. The van der Waals surface area contributed by atoms with Crippen molar-refractivity contribution in [1.82, 2.24) is 5.06 Å².